The van der Waals surface area contributed by atoms with Gasteiger partial charge in [-0.2, -0.15) is 0 Å². The highest BCUT2D eigenvalue weighted by atomic mass is 16.2. The monoisotopic (exact) mass is 260 g/mol. The normalized spacial score (nSPS) is 17.6. The van der Waals surface area contributed by atoms with Crippen LogP contribution in [0.25, 0.3) is 0 Å². The Balaban J connectivity index is 2.04. The molecular formula is C16H24N2O. The number of aryl methyl sites for hydroxylation is 1. The van der Waals surface area contributed by atoms with Crippen molar-refractivity contribution < 1.29 is 4.79 Å². The highest BCUT2D eigenvalue weighted by Gasteiger charge is 2.21. The summed E-state index contributed by atoms with van der Waals surface area (Å²) in [6.07, 6.45) is 3.96. The third-order valence-corrected chi connectivity index (χ3v) is 3.96. The molecule has 1 aromatic carbocycles. The average Bonchev–Trinajstić information content (AvgIpc) is 2.47. The zero-order chi connectivity index (χ0) is 13.7. The summed E-state index contributed by atoms with van der Waals surface area (Å²) in [5.41, 5.74) is 2.62. The first kappa shape index (κ1) is 14.1. The summed E-state index contributed by atoms with van der Waals surface area (Å²) in [5, 5.41) is 3.33. The lowest BCUT2D eigenvalue weighted by molar-refractivity contribution is -0.133. The Bertz CT molecular complexity index is 413. The van der Waals surface area contributed by atoms with Crippen molar-refractivity contribution >= 4 is 5.91 Å². The second-order valence-corrected chi connectivity index (χ2v) is 5.23. The first-order chi connectivity index (χ1) is 9.24. The quantitative estimate of drug-likeness (QED) is 0.882. The minimum absolute atomic E-state index is 0.230. The fourth-order valence-electron chi connectivity index (χ4n) is 2.62. The number of likely N-dealkylation sites (N-methyl/N-ethyl adjacent to an activating group) is 1. The predicted octanol–water partition coefficient (Wildman–Crippen LogP) is 2.52. The SMILES string of the molecule is CCc1ccc(C(CN2CCCCC2=O)NC)cc1. The second-order valence-electron chi connectivity index (χ2n) is 5.23. The molecule has 1 aliphatic heterocycles. The first-order valence-corrected chi connectivity index (χ1v) is 7.28. The highest BCUT2D eigenvalue weighted by molar-refractivity contribution is 5.76. The van der Waals surface area contributed by atoms with Crippen LogP contribution >= 0.6 is 0 Å². The number of rotatable bonds is 5. The van der Waals surface area contributed by atoms with E-state index in [1.807, 2.05) is 11.9 Å². The molecule has 0 aliphatic carbocycles. The maximum Gasteiger partial charge on any atom is 0.222 e. The van der Waals surface area contributed by atoms with E-state index in [2.05, 4.69) is 36.5 Å². The van der Waals surface area contributed by atoms with E-state index in [4.69, 9.17) is 0 Å². The van der Waals surface area contributed by atoms with Crippen molar-refractivity contribution in [3.8, 4) is 0 Å². The molecule has 2 rings (SSSR count). The number of nitrogens with zero attached hydrogens (tertiary/aromatic N) is 1. The van der Waals surface area contributed by atoms with Crippen LogP contribution in [0.15, 0.2) is 24.3 Å². The van der Waals surface area contributed by atoms with Gasteiger partial charge in [0.2, 0.25) is 5.91 Å². The molecule has 1 N–H and O–H groups in total. The summed E-state index contributed by atoms with van der Waals surface area (Å²) < 4.78 is 0. The Kier molecular flexibility index (Phi) is 4.97. The summed E-state index contributed by atoms with van der Waals surface area (Å²) >= 11 is 0. The van der Waals surface area contributed by atoms with Crippen molar-refractivity contribution in [2.24, 2.45) is 0 Å². The van der Waals surface area contributed by atoms with E-state index in [1.165, 1.54) is 11.1 Å². The number of carbonyl (C=O) groups is 1. The minimum Gasteiger partial charge on any atom is -0.341 e. The smallest absolute Gasteiger partial charge is 0.222 e. The summed E-state index contributed by atoms with van der Waals surface area (Å²) in [4.78, 5) is 13.9. The molecule has 1 aromatic rings. The van der Waals surface area contributed by atoms with E-state index in [-0.39, 0.29) is 6.04 Å². The Morgan fingerprint density at radius 1 is 1.26 bits per heavy atom. The van der Waals surface area contributed by atoms with Crippen LogP contribution in [0.4, 0.5) is 0 Å². The standard InChI is InChI=1S/C16H24N2O/c1-3-13-7-9-14(10-8-13)15(17-2)12-18-11-5-4-6-16(18)19/h7-10,15,17H,3-6,11-12H2,1-2H3. The molecule has 19 heavy (non-hydrogen) atoms. The first-order valence-electron chi connectivity index (χ1n) is 7.28. The third kappa shape index (κ3) is 3.57. The summed E-state index contributed by atoms with van der Waals surface area (Å²) in [6, 6.07) is 8.94. The van der Waals surface area contributed by atoms with Gasteiger partial charge in [-0.3, -0.25) is 4.79 Å². The van der Waals surface area contributed by atoms with E-state index < -0.39 is 0 Å². The van der Waals surface area contributed by atoms with Crippen molar-refractivity contribution in [1.82, 2.24) is 10.2 Å². The van der Waals surface area contributed by atoms with Crippen LogP contribution in [0.1, 0.15) is 43.4 Å². The molecule has 0 spiro atoms. The molecule has 3 nitrogen and oxygen atoms in total. The van der Waals surface area contributed by atoms with Gasteiger partial charge in [-0.25, -0.2) is 0 Å². The molecule has 0 radical (unpaired) electrons. The number of hydrogen-bond donors (Lipinski definition) is 1. The molecule has 0 saturated carbocycles. The molecule has 3 heteroatoms. The molecule has 0 bridgehead atoms. The van der Waals surface area contributed by atoms with E-state index in [1.54, 1.807) is 0 Å². The lowest BCUT2D eigenvalue weighted by atomic mass is 10.0. The Labute approximate surface area is 116 Å². The van der Waals surface area contributed by atoms with E-state index in [0.717, 1.165) is 32.4 Å². The lowest BCUT2D eigenvalue weighted by Gasteiger charge is -2.30. The van der Waals surface area contributed by atoms with Crippen LogP contribution in [0.2, 0.25) is 0 Å². The average molecular weight is 260 g/mol. The van der Waals surface area contributed by atoms with Gasteiger partial charge in [0.1, 0.15) is 0 Å². The van der Waals surface area contributed by atoms with Crippen LogP contribution in [-0.2, 0) is 11.2 Å². The van der Waals surface area contributed by atoms with Crippen LogP contribution in [-0.4, -0.2) is 30.9 Å². The zero-order valence-corrected chi connectivity index (χ0v) is 12.0. The van der Waals surface area contributed by atoms with Gasteiger partial charge in [-0.15, -0.1) is 0 Å². The molecule has 1 atom stereocenters. The number of benzene rings is 1. The van der Waals surface area contributed by atoms with Gasteiger partial charge >= 0.3 is 0 Å². The number of nitrogens with one attached hydrogen (secondary N) is 1. The fraction of sp³-hybridized carbons (Fsp3) is 0.562. The van der Waals surface area contributed by atoms with E-state index in [0.29, 0.717) is 12.3 Å². The molecule has 1 fully saturated rings. The van der Waals surface area contributed by atoms with E-state index >= 15 is 0 Å². The maximum atomic E-state index is 11.9. The molecule has 1 aliphatic rings. The van der Waals surface area contributed by atoms with Crippen LogP contribution in [0.3, 0.4) is 0 Å². The Morgan fingerprint density at radius 3 is 2.58 bits per heavy atom. The van der Waals surface area contributed by atoms with Gasteiger partial charge in [0.25, 0.3) is 0 Å². The van der Waals surface area contributed by atoms with Crippen molar-refractivity contribution in [3.63, 3.8) is 0 Å². The van der Waals surface area contributed by atoms with E-state index in [9.17, 15) is 4.79 Å². The van der Waals surface area contributed by atoms with Crippen LogP contribution in [0.5, 0.6) is 0 Å². The molecular weight excluding hydrogens is 236 g/mol. The Hall–Kier alpha value is -1.35. The Morgan fingerprint density at radius 2 is 2.00 bits per heavy atom. The predicted molar refractivity (Wildman–Crippen MR) is 78.1 cm³/mol. The number of hydrogen-bond acceptors (Lipinski definition) is 2. The number of amides is 1. The lowest BCUT2D eigenvalue weighted by Crippen LogP contribution is -2.40. The largest absolute Gasteiger partial charge is 0.341 e. The molecule has 1 heterocycles. The summed E-state index contributed by atoms with van der Waals surface area (Å²) in [6.45, 7) is 3.85. The zero-order valence-electron chi connectivity index (χ0n) is 12.0. The summed E-state index contributed by atoms with van der Waals surface area (Å²) in [7, 11) is 1.97. The van der Waals surface area contributed by atoms with Gasteiger partial charge in [0.05, 0.1) is 0 Å². The number of likely N-dealkylation sites (tertiary alicyclic amines) is 1. The minimum atomic E-state index is 0.230. The summed E-state index contributed by atoms with van der Waals surface area (Å²) in [5.74, 6) is 0.302. The van der Waals surface area contributed by atoms with Crippen LogP contribution in [0, 0.1) is 0 Å². The second kappa shape index (κ2) is 6.71. The highest BCUT2D eigenvalue weighted by Crippen LogP contribution is 2.18. The van der Waals surface area contributed by atoms with Crippen LogP contribution < -0.4 is 5.32 Å². The maximum absolute atomic E-state index is 11.9. The van der Waals surface area contributed by atoms with Gasteiger partial charge in [-0.1, -0.05) is 31.2 Å². The molecule has 1 saturated heterocycles. The van der Waals surface area contributed by atoms with Crippen molar-refractivity contribution in [2.75, 3.05) is 20.1 Å². The molecule has 1 amide bonds. The molecule has 104 valence electrons. The van der Waals surface area contributed by atoms with Gasteiger partial charge < -0.3 is 10.2 Å². The van der Waals surface area contributed by atoms with Crippen molar-refractivity contribution in [3.05, 3.63) is 35.4 Å². The fourth-order valence-corrected chi connectivity index (χ4v) is 2.62. The van der Waals surface area contributed by atoms with Gasteiger partial charge in [0, 0.05) is 25.6 Å². The third-order valence-electron chi connectivity index (χ3n) is 3.96. The van der Waals surface area contributed by atoms with Gasteiger partial charge in [-0.05, 0) is 37.4 Å². The van der Waals surface area contributed by atoms with Gasteiger partial charge in [0.15, 0.2) is 0 Å². The number of carbonyl (C=O) groups excluding carboxylic acids is 1. The molecule has 0 aromatic heterocycles. The topological polar surface area (TPSA) is 32.3 Å². The van der Waals surface area contributed by atoms with Crippen molar-refractivity contribution in [1.29, 1.82) is 0 Å². The molecule has 1 unspecified atom stereocenters. The number of piperidine rings is 1. The van der Waals surface area contributed by atoms with Crippen molar-refractivity contribution in [2.45, 2.75) is 38.6 Å².